The highest BCUT2D eigenvalue weighted by molar-refractivity contribution is 7.92. The Kier molecular flexibility index (Phi) is 6.24. The van der Waals surface area contributed by atoms with Crippen molar-refractivity contribution in [2.45, 2.75) is 6.42 Å². The predicted octanol–water partition coefficient (Wildman–Crippen LogP) is 2.98. The minimum atomic E-state index is -4.24. The molecule has 4 N–H and O–H groups in total. The molecule has 1 heterocycles. The number of benzene rings is 2. The smallest absolute Gasteiger partial charge is 0.258 e. The molecule has 13 heteroatoms. The van der Waals surface area contributed by atoms with Gasteiger partial charge in [-0.25, -0.2) is 31.6 Å². The van der Waals surface area contributed by atoms with Crippen LogP contribution < -0.4 is 15.8 Å². The van der Waals surface area contributed by atoms with E-state index in [-0.39, 0.29) is 29.4 Å². The van der Waals surface area contributed by atoms with E-state index in [0.29, 0.717) is 5.39 Å². The Balaban J connectivity index is 1.99. The maximum absolute atomic E-state index is 14.8. The van der Waals surface area contributed by atoms with Gasteiger partial charge < -0.3 is 11.1 Å². The van der Waals surface area contributed by atoms with Gasteiger partial charge in [-0.3, -0.25) is 13.9 Å². The number of anilines is 3. The number of sulfonamides is 1. The zero-order valence-corrected chi connectivity index (χ0v) is 16.4. The first-order valence-corrected chi connectivity index (χ1v) is 10.3. The van der Waals surface area contributed by atoms with E-state index >= 15 is 0 Å². The molecule has 3 aromatic rings. The normalized spacial score (nSPS) is 11.5. The van der Waals surface area contributed by atoms with Gasteiger partial charge in [0.15, 0.2) is 17.5 Å². The molecule has 0 aliphatic heterocycles. The van der Waals surface area contributed by atoms with Crippen LogP contribution in [0.3, 0.4) is 0 Å². The van der Waals surface area contributed by atoms with Crippen LogP contribution in [-0.2, 0) is 10.0 Å². The van der Waals surface area contributed by atoms with Gasteiger partial charge in [-0.15, -0.1) is 0 Å². The van der Waals surface area contributed by atoms with E-state index in [4.69, 9.17) is 5.73 Å². The third-order valence-electron chi connectivity index (χ3n) is 4.15. The summed E-state index contributed by atoms with van der Waals surface area (Å²) < 4.78 is 80.6. The molecule has 0 unspecified atom stereocenters. The summed E-state index contributed by atoms with van der Waals surface area (Å²) >= 11 is 0. The number of alkyl halides is 1. The molecule has 0 saturated heterocycles. The van der Waals surface area contributed by atoms with Gasteiger partial charge in [0.25, 0.3) is 5.91 Å². The van der Waals surface area contributed by atoms with Crippen LogP contribution in [0.2, 0.25) is 0 Å². The van der Waals surface area contributed by atoms with Gasteiger partial charge in [0.05, 0.1) is 29.2 Å². The van der Waals surface area contributed by atoms with E-state index in [1.807, 2.05) is 5.32 Å². The van der Waals surface area contributed by atoms with E-state index in [1.54, 1.807) is 4.72 Å². The highest BCUT2D eigenvalue weighted by Crippen LogP contribution is 2.30. The molecular weight excluding hydrogens is 442 g/mol. The summed E-state index contributed by atoms with van der Waals surface area (Å²) in [4.78, 5) is 20.3. The Morgan fingerprint density at radius 2 is 1.87 bits per heavy atom. The summed E-state index contributed by atoms with van der Waals surface area (Å²) in [6, 6.07) is 4.52. The highest BCUT2D eigenvalue weighted by atomic mass is 32.2. The number of nitrogens with one attached hydrogen (secondary N) is 2. The van der Waals surface area contributed by atoms with Crippen LogP contribution in [-0.4, -0.2) is 36.7 Å². The van der Waals surface area contributed by atoms with Gasteiger partial charge in [0.2, 0.25) is 10.0 Å². The lowest BCUT2D eigenvalue weighted by atomic mass is 10.1. The molecular formula is C18H15F4N5O3S. The quantitative estimate of drug-likeness (QED) is 0.370. The number of hydrogen-bond donors (Lipinski definition) is 3. The number of carbonyl (C=O) groups is 1. The minimum absolute atomic E-state index is 0.0627. The number of carbonyl (C=O) groups excluding carboxylic acids is 1. The van der Waals surface area contributed by atoms with Crippen LogP contribution in [0.15, 0.2) is 30.6 Å². The monoisotopic (exact) mass is 457 g/mol. The minimum Gasteiger partial charge on any atom is -0.383 e. The molecule has 0 bridgehead atoms. The Morgan fingerprint density at radius 3 is 2.58 bits per heavy atom. The molecule has 31 heavy (non-hydrogen) atoms. The van der Waals surface area contributed by atoms with Crippen LogP contribution in [0.1, 0.15) is 16.8 Å². The van der Waals surface area contributed by atoms with Crippen molar-refractivity contribution in [3.05, 3.63) is 53.6 Å². The highest BCUT2D eigenvalue weighted by Gasteiger charge is 2.24. The number of para-hydroxylation sites is 1. The SMILES string of the molecule is Nc1ncnc2c(C(=O)Nc3c(F)c(F)cc(NS(=O)(=O)CCCF)c3F)cccc12. The number of rotatable bonds is 7. The van der Waals surface area contributed by atoms with Crippen molar-refractivity contribution in [3.63, 3.8) is 0 Å². The summed E-state index contributed by atoms with van der Waals surface area (Å²) in [5.41, 5.74) is 3.50. The standard InChI is InChI=1S/C18H15F4N5O3S/c19-5-2-6-31(29,30)27-12-7-11(20)13(21)16(14(12)22)26-18(28)10-4-1-3-9-15(10)24-8-25-17(9)23/h1,3-4,7-8,27H,2,5-6H2,(H,26,28)(H2,23,24,25). The lowest BCUT2D eigenvalue weighted by molar-refractivity contribution is 0.102. The Bertz CT molecular complexity index is 1270. The predicted molar refractivity (Wildman–Crippen MR) is 106 cm³/mol. The Labute approximate surface area is 173 Å². The van der Waals surface area contributed by atoms with E-state index in [2.05, 4.69) is 9.97 Å². The summed E-state index contributed by atoms with van der Waals surface area (Å²) in [5.74, 6) is -6.63. The van der Waals surface area contributed by atoms with E-state index < -0.39 is 57.2 Å². The summed E-state index contributed by atoms with van der Waals surface area (Å²) in [6.45, 7) is -0.943. The van der Waals surface area contributed by atoms with Crippen molar-refractivity contribution in [3.8, 4) is 0 Å². The molecule has 2 aromatic carbocycles. The third kappa shape index (κ3) is 4.66. The topological polar surface area (TPSA) is 127 Å². The fourth-order valence-corrected chi connectivity index (χ4v) is 3.80. The number of amides is 1. The maximum Gasteiger partial charge on any atom is 0.258 e. The first-order valence-electron chi connectivity index (χ1n) is 8.69. The molecule has 0 fully saturated rings. The average molecular weight is 457 g/mol. The third-order valence-corrected chi connectivity index (χ3v) is 5.50. The second-order valence-electron chi connectivity index (χ2n) is 6.29. The molecule has 3 rings (SSSR count). The van der Waals surface area contributed by atoms with Crippen molar-refractivity contribution in [2.75, 3.05) is 28.2 Å². The van der Waals surface area contributed by atoms with Crippen molar-refractivity contribution in [1.29, 1.82) is 0 Å². The molecule has 8 nitrogen and oxygen atoms in total. The van der Waals surface area contributed by atoms with Gasteiger partial charge in [-0.2, -0.15) is 0 Å². The number of nitrogens with zero attached hydrogens (tertiary/aromatic N) is 2. The molecule has 164 valence electrons. The van der Waals surface area contributed by atoms with Crippen LogP contribution in [0.4, 0.5) is 34.8 Å². The van der Waals surface area contributed by atoms with Gasteiger partial charge in [0.1, 0.15) is 17.8 Å². The summed E-state index contributed by atoms with van der Waals surface area (Å²) in [6.07, 6.45) is 0.707. The molecule has 0 atom stereocenters. The number of nitrogen functional groups attached to an aromatic ring is 1. The van der Waals surface area contributed by atoms with Gasteiger partial charge in [-0.05, 0) is 18.6 Å². The second kappa shape index (κ2) is 8.71. The van der Waals surface area contributed by atoms with Crippen molar-refractivity contribution in [2.24, 2.45) is 0 Å². The first kappa shape index (κ1) is 22.2. The van der Waals surface area contributed by atoms with E-state index in [0.717, 1.165) is 6.33 Å². The van der Waals surface area contributed by atoms with E-state index in [1.165, 1.54) is 18.2 Å². The maximum atomic E-state index is 14.8. The van der Waals surface area contributed by atoms with Crippen molar-refractivity contribution in [1.82, 2.24) is 9.97 Å². The fourth-order valence-electron chi connectivity index (χ4n) is 2.72. The molecule has 0 aliphatic rings. The molecule has 0 aliphatic carbocycles. The van der Waals surface area contributed by atoms with Crippen LogP contribution in [0.5, 0.6) is 0 Å². The largest absolute Gasteiger partial charge is 0.383 e. The number of aromatic nitrogens is 2. The van der Waals surface area contributed by atoms with Gasteiger partial charge >= 0.3 is 0 Å². The first-order chi connectivity index (χ1) is 14.6. The molecule has 1 amide bonds. The van der Waals surface area contributed by atoms with Gasteiger partial charge in [-0.1, -0.05) is 6.07 Å². The van der Waals surface area contributed by atoms with Crippen molar-refractivity contribution >= 4 is 44.0 Å². The summed E-state index contributed by atoms with van der Waals surface area (Å²) in [7, 11) is -4.24. The zero-order valence-electron chi connectivity index (χ0n) is 15.6. The fraction of sp³-hybridized carbons (Fsp3) is 0.167. The number of halogens is 4. The second-order valence-corrected chi connectivity index (χ2v) is 8.13. The molecule has 0 radical (unpaired) electrons. The number of hydrogen-bond acceptors (Lipinski definition) is 6. The molecule has 0 saturated carbocycles. The van der Waals surface area contributed by atoms with Crippen LogP contribution in [0, 0.1) is 17.5 Å². The number of nitrogens with two attached hydrogens (primary N) is 1. The zero-order chi connectivity index (χ0) is 22.8. The Hall–Kier alpha value is -3.48. The number of fused-ring (bicyclic) bond motifs is 1. The summed E-state index contributed by atoms with van der Waals surface area (Å²) in [5, 5.41) is 2.19. The van der Waals surface area contributed by atoms with Crippen LogP contribution >= 0.6 is 0 Å². The van der Waals surface area contributed by atoms with Crippen LogP contribution in [0.25, 0.3) is 10.9 Å². The van der Waals surface area contributed by atoms with Crippen molar-refractivity contribution < 1.29 is 30.8 Å². The average Bonchev–Trinajstić information content (AvgIpc) is 2.73. The molecule has 1 aromatic heterocycles. The lowest BCUT2D eigenvalue weighted by Gasteiger charge is -2.14. The van der Waals surface area contributed by atoms with E-state index in [9.17, 15) is 30.8 Å². The lowest BCUT2D eigenvalue weighted by Crippen LogP contribution is -2.20. The molecule has 0 spiro atoms. The van der Waals surface area contributed by atoms with Gasteiger partial charge in [0, 0.05) is 11.5 Å². The Morgan fingerprint density at radius 1 is 1.13 bits per heavy atom.